The molecular formula is C17H16FNO3. The molecule has 0 spiro atoms. The van der Waals surface area contributed by atoms with Crippen LogP contribution in [-0.2, 0) is 11.3 Å². The maximum Gasteiger partial charge on any atom is 0.340 e. The number of amides is 1. The fourth-order valence-electron chi connectivity index (χ4n) is 2.04. The number of carbonyl (C=O) groups is 2. The first-order valence-corrected chi connectivity index (χ1v) is 6.73. The van der Waals surface area contributed by atoms with Crippen LogP contribution in [0, 0.1) is 12.7 Å². The Balaban J connectivity index is 2.07. The van der Waals surface area contributed by atoms with Gasteiger partial charge >= 0.3 is 5.97 Å². The number of ether oxygens (including phenoxy) is 1. The van der Waals surface area contributed by atoms with E-state index >= 15 is 0 Å². The number of benzene rings is 2. The summed E-state index contributed by atoms with van der Waals surface area (Å²) in [5, 5.41) is 2.71. The molecule has 0 aromatic heterocycles. The van der Waals surface area contributed by atoms with Crippen molar-refractivity contribution in [2.24, 2.45) is 0 Å². The molecule has 0 radical (unpaired) electrons. The molecule has 1 amide bonds. The Kier molecular flexibility index (Phi) is 4.88. The second-order valence-electron chi connectivity index (χ2n) is 4.86. The van der Waals surface area contributed by atoms with E-state index in [0.717, 1.165) is 17.2 Å². The molecule has 2 aromatic carbocycles. The minimum atomic E-state index is -0.782. The van der Waals surface area contributed by atoms with Crippen molar-refractivity contribution in [3.63, 3.8) is 0 Å². The highest BCUT2D eigenvalue weighted by molar-refractivity contribution is 5.96. The van der Waals surface area contributed by atoms with Crippen molar-refractivity contribution in [2.45, 2.75) is 13.5 Å². The molecule has 2 rings (SSSR count). The topological polar surface area (TPSA) is 55.4 Å². The molecule has 114 valence electrons. The number of aryl methyl sites for hydroxylation is 1. The Bertz CT molecular complexity index is 713. The third-order valence-electron chi connectivity index (χ3n) is 3.17. The van der Waals surface area contributed by atoms with Crippen LogP contribution in [0.4, 0.5) is 4.39 Å². The van der Waals surface area contributed by atoms with Gasteiger partial charge in [-0.15, -0.1) is 0 Å². The number of esters is 1. The van der Waals surface area contributed by atoms with Gasteiger partial charge < -0.3 is 10.1 Å². The number of methoxy groups -OCH3 is 1. The maximum atomic E-state index is 13.8. The number of hydrogen-bond donors (Lipinski definition) is 1. The first kappa shape index (κ1) is 15.7. The minimum Gasteiger partial charge on any atom is -0.465 e. The summed E-state index contributed by atoms with van der Waals surface area (Å²) in [6, 6.07) is 11.4. The summed E-state index contributed by atoms with van der Waals surface area (Å²) in [6.45, 7) is 2.31. The highest BCUT2D eigenvalue weighted by Crippen LogP contribution is 2.12. The van der Waals surface area contributed by atoms with Crippen LogP contribution in [0.5, 0.6) is 0 Å². The molecule has 0 saturated heterocycles. The quantitative estimate of drug-likeness (QED) is 0.884. The number of rotatable bonds is 4. The summed E-state index contributed by atoms with van der Waals surface area (Å²) in [5.41, 5.74) is 2.01. The van der Waals surface area contributed by atoms with E-state index in [-0.39, 0.29) is 11.1 Å². The van der Waals surface area contributed by atoms with Gasteiger partial charge in [-0.25, -0.2) is 9.18 Å². The number of nitrogens with one attached hydrogen (secondary N) is 1. The van der Waals surface area contributed by atoms with Crippen LogP contribution in [0.1, 0.15) is 31.8 Å². The molecule has 0 bridgehead atoms. The maximum absolute atomic E-state index is 13.8. The predicted molar refractivity (Wildman–Crippen MR) is 80.1 cm³/mol. The zero-order valence-electron chi connectivity index (χ0n) is 12.4. The summed E-state index contributed by atoms with van der Waals surface area (Å²) in [4.78, 5) is 23.3. The summed E-state index contributed by atoms with van der Waals surface area (Å²) in [7, 11) is 1.17. The van der Waals surface area contributed by atoms with Crippen molar-refractivity contribution < 1.29 is 18.7 Å². The number of halogens is 1. The van der Waals surface area contributed by atoms with Gasteiger partial charge in [0.15, 0.2) is 0 Å². The van der Waals surface area contributed by atoms with Crippen LogP contribution < -0.4 is 5.32 Å². The summed E-state index contributed by atoms with van der Waals surface area (Å²) in [6.07, 6.45) is 0. The smallest absolute Gasteiger partial charge is 0.340 e. The van der Waals surface area contributed by atoms with Gasteiger partial charge in [0.25, 0.3) is 5.91 Å². The van der Waals surface area contributed by atoms with Crippen molar-refractivity contribution in [1.29, 1.82) is 0 Å². The van der Waals surface area contributed by atoms with E-state index in [2.05, 4.69) is 10.1 Å². The largest absolute Gasteiger partial charge is 0.465 e. The van der Waals surface area contributed by atoms with E-state index in [9.17, 15) is 14.0 Å². The van der Waals surface area contributed by atoms with Gasteiger partial charge in [0, 0.05) is 12.1 Å². The Hall–Kier alpha value is -2.69. The Morgan fingerprint density at radius 2 is 1.95 bits per heavy atom. The van der Waals surface area contributed by atoms with Crippen molar-refractivity contribution in [3.8, 4) is 0 Å². The third kappa shape index (κ3) is 3.69. The average Bonchev–Trinajstić information content (AvgIpc) is 2.51. The standard InChI is InChI=1S/C17H16FNO3/c1-11-4-3-5-12(8-11)10-19-16(20)13-6-7-14(15(18)9-13)17(21)22-2/h3-9H,10H2,1-2H3,(H,19,20). The van der Waals surface area contributed by atoms with Crippen molar-refractivity contribution in [3.05, 3.63) is 70.5 Å². The van der Waals surface area contributed by atoms with Gasteiger partial charge in [-0.1, -0.05) is 29.8 Å². The summed E-state index contributed by atoms with van der Waals surface area (Å²) < 4.78 is 18.2. The van der Waals surface area contributed by atoms with Crippen LogP contribution in [0.3, 0.4) is 0 Å². The second-order valence-corrected chi connectivity index (χ2v) is 4.86. The Morgan fingerprint density at radius 3 is 2.59 bits per heavy atom. The Labute approximate surface area is 127 Å². The van der Waals surface area contributed by atoms with E-state index < -0.39 is 17.7 Å². The average molecular weight is 301 g/mol. The minimum absolute atomic E-state index is 0.151. The van der Waals surface area contributed by atoms with Gasteiger partial charge in [0.2, 0.25) is 0 Å². The van der Waals surface area contributed by atoms with Gasteiger partial charge in [0.1, 0.15) is 5.82 Å². The molecule has 0 fully saturated rings. The number of hydrogen-bond acceptors (Lipinski definition) is 3. The molecule has 22 heavy (non-hydrogen) atoms. The van der Waals surface area contributed by atoms with Crippen LogP contribution in [0.15, 0.2) is 42.5 Å². The van der Waals surface area contributed by atoms with Gasteiger partial charge in [-0.05, 0) is 30.7 Å². The lowest BCUT2D eigenvalue weighted by Crippen LogP contribution is -2.23. The molecule has 2 aromatic rings. The molecule has 0 unspecified atom stereocenters. The summed E-state index contributed by atoms with van der Waals surface area (Å²) >= 11 is 0. The monoisotopic (exact) mass is 301 g/mol. The lowest BCUT2D eigenvalue weighted by Gasteiger charge is -2.07. The van der Waals surface area contributed by atoms with Crippen molar-refractivity contribution >= 4 is 11.9 Å². The van der Waals surface area contributed by atoms with E-state index in [1.165, 1.54) is 19.2 Å². The normalized spacial score (nSPS) is 10.1. The van der Waals surface area contributed by atoms with Crippen LogP contribution in [0.25, 0.3) is 0 Å². The number of carbonyl (C=O) groups excluding carboxylic acids is 2. The first-order valence-electron chi connectivity index (χ1n) is 6.73. The van der Waals surface area contributed by atoms with E-state index in [4.69, 9.17) is 0 Å². The highest BCUT2D eigenvalue weighted by Gasteiger charge is 2.15. The zero-order valence-corrected chi connectivity index (χ0v) is 12.4. The van der Waals surface area contributed by atoms with Crippen LogP contribution >= 0.6 is 0 Å². The molecule has 0 aliphatic carbocycles. The SMILES string of the molecule is COC(=O)c1ccc(C(=O)NCc2cccc(C)c2)cc1F. The second kappa shape index (κ2) is 6.85. The molecule has 4 nitrogen and oxygen atoms in total. The Morgan fingerprint density at radius 1 is 1.18 bits per heavy atom. The zero-order chi connectivity index (χ0) is 16.1. The molecule has 0 aliphatic heterocycles. The molecule has 1 N–H and O–H groups in total. The lowest BCUT2D eigenvalue weighted by molar-refractivity contribution is 0.0595. The molecule has 0 heterocycles. The van der Waals surface area contributed by atoms with E-state index in [0.29, 0.717) is 6.54 Å². The highest BCUT2D eigenvalue weighted by atomic mass is 19.1. The molecule has 0 atom stereocenters. The lowest BCUT2D eigenvalue weighted by atomic mass is 10.1. The third-order valence-corrected chi connectivity index (χ3v) is 3.17. The predicted octanol–water partition coefficient (Wildman–Crippen LogP) is 2.85. The fourth-order valence-corrected chi connectivity index (χ4v) is 2.04. The van der Waals surface area contributed by atoms with Gasteiger partial charge in [-0.2, -0.15) is 0 Å². The van der Waals surface area contributed by atoms with Gasteiger partial charge in [0.05, 0.1) is 12.7 Å². The summed E-state index contributed by atoms with van der Waals surface area (Å²) in [5.74, 6) is -1.96. The fraction of sp³-hybridized carbons (Fsp3) is 0.176. The first-order chi connectivity index (χ1) is 10.5. The van der Waals surface area contributed by atoms with E-state index in [1.54, 1.807) is 0 Å². The molecule has 5 heteroatoms. The van der Waals surface area contributed by atoms with Crippen molar-refractivity contribution in [2.75, 3.05) is 7.11 Å². The van der Waals surface area contributed by atoms with E-state index in [1.807, 2.05) is 31.2 Å². The van der Waals surface area contributed by atoms with Crippen molar-refractivity contribution in [1.82, 2.24) is 5.32 Å². The van der Waals surface area contributed by atoms with Crippen LogP contribution in [0.2, 0.25) is 0 Å². The molecule has 0 aliphatic rings. The molecule has 0 saturated carbocycles. The molecular weight excluding hydrogens is 285 g/mol. The van der Waals surface area contributed by atoms with Crippen LogP contribution in [-0.4, -0.2) is 19.0 Å². The van der Waals surface area contributed by atoms with Gasteiger partial charge in [-0.3, -0.25) is 4.79 Å².